The molecule has 3 aliphatic carbocycles. The smallest absolute Gasteiger partial charge is 0.225 e. The van der Waals surface area contributed by atoms with Gasteiger partial charge >= 0.3 is 0 Å². The van der Waals surface area contributed by atoms with Crippen LogP contribution in [0, 0.1) is 23.7 Å². The summed E-state index contributed by atoms with van der Waals surface area (Å²) in [4.78, 5) is 10.2. The van der Waals surface area contributed by atoms with Gasteiger partial charge in [0.15, 0.2) is 0 Å². The molecular weight excluding hydrogens is 268 g/mol. The Morgan fingerprint density at radius 2 is 2.00 bits per heavy atom. The third-order valence-corrected chi connectivity index (χ3v) is 6.39. The summed E-state index contributed by atoms with van der Waals surface area (Å²) in [6, 6.07) is 2.80. The van der Waals surface area contributed by atoms with E-state index < -0.39 is 0 Å². The molecule has 2 aromatic rings. The lowest BCUT2D eigenvalue weighted by Gasteiger charge is -2.12. The number of thiophene rings is 1. The number of nitrogens with one attached hydrogen (secondary N) is 2. The van der Waals surface area contributed by atoms with Crippen LogP contribution < -0.4 is 10.6 Å². The fourth-order valence-corrected chi connectivity index (χ4v) is 5.52. The molecule has 4 atom stereocenters. The lowest BCUT2D eigenvalue weighted by molar-refractivity contribution is 0.456. The molecule has 0 aromatic carbocycles. The summed E-state index contributed by atoms with van der Waals surface area (Å²) in [5, 5.41) is 10.1. The molecule has 20 heavy (non-hydrogen) atoms. The van der Waals surface area contributed by atoms with Gasteiger partial charge in [-0.2, -0.15) is 4.98 Å². The zero-order chi connectivity index (χ0) is 13.3. The van der Waals surface area contributed by atoms with Crippen LogP contribution in [0.4, 0.5) is 11.8 Å². The van der Waals surface area contributed by atoms with Crippen LogP contribution in [0.1, 0.15) is 19.3 Å². The minimum atomic E-state index is 0.670. The third kappa shape index (κ3) is 1.41. The lowest BCUT2D eigenvalue weighted by Crippen LogP contribution is -2.14. The van der Waals surface area contributed by atoms with Crippen molar-refractivity contribution in [3.8, 4) is 0 Å². The highest BCUT2D eigenvalue weighted by atomic mass is 32.1. The maximum Gasteiger partial charge on any atom is 0.225 e. The van der Waals surface area contributed by atoms with Crippen molar-refractivity contribution < 1.29 is 0 Å². The molecule has 0 radical (unpaired) electrons. The molecule has 0 spiro atoms. The van der Waals surface area contributed by atoms with Crippen LogP contribution in [0.25, 0.3) is 10.2 Å². The maximum atomic E-state index is 4.64. The van der Waals surface area contributed by atoms with Gasteiger partial charge in [-0.15, -0.1) is 11.3 Å². The van der Waals surface area contributed by atoms with Crippen LogP contribution in [-0.4, -0.2) is 23.1 Å². The molecule has 2 N–H and O–H groups in total. The Morgan fingerprint density at radius 1 is 1.20 bits per heavy atom. The van der Waals surface area contributed by atoms with Gasteiger partial charge in [0, 0.05) is 13.1 Å². The molecule has 0 saturated heterocycles. The summed E-state index contributed by atoms with van der Waals surface area (Å²) >= 11 is 1.68. The Balaban J connectivity index is 1.48. The van der Waals surface area contributed by atoms with Crippen molar-refractivity contribution in [3.63, 3.8) is 0 Å². The quantitative estimate of drug-likeness (QED) is 0.910. The van der Waals surface area contributed by atoms with E-state index in [1.807, 2.05) is 7.05 Å². The van der Waals surface area contributed by atoms with Gasteiger partial charge in [0.25, 0.3) is 0 Å². The molecule has 2 heterocycles. The minimum absolute atomic E-state index is 0.670. The van der Waals surface area contributed by atoms with Crippen LogP contribution in [0.5, 0.6) is 0 Å². The Labute approximate surface area is 122 Å². The highest BCUT2D eigenvalue weighted by Crippen LogP contribution is 2.66. The van der Waals surface area contributed by atoms with Crippen LogP contribution in [0.3, 0.4) is 0 Å². The molecular formula is C15H18N4S. The van der Waals surface area contributed by atoms with E-state index in [1.165, 1.54) is 24.6 Å². The maximum absolute atomic E-state index is 4.64. The fraction of sp³-hybridized carbons (Fsp3) is 0.600. The Kier molecular flexibility index (Phi) is 2.18. The van der Waals surface area contributed by atoms with Gasteiger partial charge in [0.2, 0.25) is 5.95 Å². The number of hydrogen-bond acceptors (Lipinski definition) is 5. The molecule has 2 aromatic heterocycles. The van der Waals surface area contributed by atoms with E-state index in [4.69, 9.17) is 0 Å². The van der Waals surface area contributed by atoms with E-state index >= 15 is 0 Å². The number of anilines is 2. The first-order valence-corrected chi connectivity index (χ1v) is 8.42. The van der Waals surface area contributed by atoms with Crippen molar-refractivity contribution >= 4 is 33.3 Å². The topological polar surface area (TPSA) is 49.8 Å². The molecule has 4 unspecified atom stereocenters. The molecule has 0 aliphatic heterocycles. The normalized spacial score (nSPS) is 37.1. The van der Waals surface area contributed by atoms with Gasteiger partial charge in [-0.25, -0.2) is 4.98 Å². The Bertz CT molecular complexity index is 666. The van der Waals surface area contributed by atoms with Crippen molar-refractivity contribution in [2.75, 3.05) is 17.7 Å². The first-order valence-electron chi connectivity index (χ1n) is 7.54. The predicted molar refractivity (Wildman–Crippen MR) is 82.2 cm³/mol. The van der Waals surface area contributed by atoms with Crippen molar-refractivity contribution in [1.82, 2.24) is 9.97 Å². The second-order valence-corrected chi connectivity index (χ2v) is 7.34. The van der Waals surface area contributed by atoms with Gasteiger partial charge in [-0.05, 0) is 54.4 Å². The average molecular weight is 286 g/mol. The molecule has 5 heteroatoms. The standard InChI is InChI=1S/C15H18N4S/c1-16-15-18-13(9-4-5-20-14(9)19-15)17-12-10-7-2-3-8(6-7)11(10)12/h4-5,7-8,10-12H,2-3,6H2,1H3,(H2,16,17,18,19). The van der Waals surface area contributed by atoms with E-state index in [2.05, 4.69) is 32.0 Å². The first-order chi connectivity index (χ1) is 9.85. The highest BCUT2D eigenvalue weighted by Gasteiger charge is 2.65. The molecule has 3 saturated carbocycles. The minimum Gasteiger partial charge on any atom is -0.366 e. The van der Waals surface area contributed by atoms with Crippen LogP contribution in [0.2, 0.25) is 0 Å². The molecule has 104 valence electrons. The van der Waals surface area contributed by atoms with Crippen molar-refractivity contribution in [1.29, 1.82) is 0 Å². The summed E-state index contributed by atoms with van der Waals surface area (Å²) in [6.07, 6.45) is 4.42. The Morgan fingerprint density at radius 3 is 2.75 bits per heavy atom. The zero-order valence-corrected chi connectivity index (χ0v) is 12.3. The summed E-state index contributed by atoms with van der Waals surface area (Å²) in [7, 11) is 1.88. The van der Waals surface area contributed by atoms with Gasteiger partial charge in [-0.3, -0.25) is 0 Å². The monoisotopic (exact) mass is 286 g/mol. The number of rotatable bonds is 3. The second-order valence-electron chi connectivity index (χ2n) is 6.44. The Hall–Kier alpha value is -1.36. The van der Waals surface area contributed by atoms with Gasteiger partial charge in [0.05, 0.1) is 5.39 Å². The molecule has 3 aliphatic rings. The number of hydrogen-bond donors (Lipinski definition) is 2. The fourth-order valence-electron chi connectivity index (χ4n) is 4.75. The molecule has 4 nitrogen and oxygen atoms in total. The predicted octanol–water partition coefficient (Wildman–Crippen LogP) is 3.19. The first kappa shape index (κ1) is 11.3. The molecule has 5 rings (SSSR count). The number of nitrogens with zero attached hydrogens (tertiary/aromatic N) is 2. The van der Waals surface area contributed by atoms with Gasteiger partial charge < -0.3 is 10.6 Å². The van der Waals surface area contributed by atoms with E-state index in [1.54, 1.807) is 11.3 Å². The largest absolute Gasteiger partial charge is 0.366 e. The second kappa shape index (κ2) is 3.85. The van der Waals surface area contributed by atoms with Crippen LogP contribution in [0.15, 0.2) is 11.4 Å². The van der Waals surface area contributed by atoms with Gasteiger partial charge in [-0.1, -0.05) is 0 Å². The van der Waals surface area contributed by atoms with Crippen LogP contribution in [-0.2, 0) is 0 Å². The van der Waals surface area contributed by atoms with Crippen molar-refractivity contribution in [2.24, 2.45) is 23.7 Å². The van der Waals surface area contributed by atoms with E-state index in [0.29, 0.717) is 6.04 Å². The zero-order valence-electron chi connectivity index (χ0n) is 11.5. The SMILES string of the molecule is CNc1nc(NC2C3C4CCC(C4)C23)c2ccsc2n1. The average Bonchev–Trinajstić information content (AvgIpc) is 2.92. The van der Waals surface area contributed by atoms with E-state index in [-0.39, 0.29) is 0 Å². The van der Waals surface area contributed by atoms with Gasteiger partial charge in [0.1, 0.15) is 10.6 Å². The number of aromatic nitrogens is 2. The van der Waals surface area contributed by atoms with Crippen molar-refractivity contribution in [3.05, 3.63) is 11.4 Å². The summed E-state index contributed by atoms with van der Waals surface area (Å²) in [5.41, 5.74) is 0. The third-order valence-electron chi connectivity index (χ3n) is 5.59. The summed E-state index contributed by atoms with van der Waals surface area (Å²) in [6.45, 7) is 0. The van der Waals surface area contributed by atoms with Crippen LogP contribution >= 0.6 is 11.3 Å². The molecule has 2 bridgehead atoms. The summed E-state index contributed by atoms with van der Waals surface area (Å²) < 4.78 is 0. The number of fused-ring (bicyclic) bond motifs is 6. The molecule has 0 amide bonds. The van der Waals surface area contributed by atoms with E-state index in [0.717, 1.165) is 40.3 Å². The lowest BCUT2D eigenvalue weighted by atomic mass is 10.0. The highest BCUT2D eigenvalue weighted by molar-refractivity contribution is 7.16. The molecule has 3 fully saturated rings. The van der Waals surface area contributed by atoms with Crippen molar-refractivity contribution in [2.45, 2.75) is 25.3 Å². The van der Waals surface area contributed by atoms with E-state index in [9.17, 15) is 0 Å². The summed E-state index contributed by atoms with van der Waals surface area (Å²) in [5.74, 6) is 5.58.